The highest BCUT2D eigenvalue weighted by atomic mass is 79.9. The van der Waals surface area contributed by atoms with Crippen molar-refractivity contribution in [3.8, 4) is 0 Å². The zero-order valence-corrected chi connectivity index (χ0v) is 18.4. The molecule has 6 nitrogen and oxygen atoms in total. The molecule has 2 amide bonds. The van der Waals surface area contributed by atoms with Gasteiger partial charge in [0.25, 0.3) is 0 Å². The van der Waals surface area contributed by atoms with Crippen molar-refractivity contribution in [3.63, 3.8) is 0 Å². The van der Waals surface area contributed by atoms with E-state index in [1.807, 2.05) is 61.8 Å². The molecule has 0 aliphatic rings. The molecule has 7 heteroatoms. The Morgan fingerprint density at radius 2 is 1.94 bits per heavy atom. The third-order valence-corrected chi connectivity index (χ3v) is 5.88. The van der Waals surface area contributed by atoms with Crippen LogP contribution in [0.4, 0.5) is 16.2 Å². The first-order valence-corrected chi connectivity index (χ1v) is 10.7. The number of carbonyl (C=O) groups is 1. The molecule has 31 heavy (non-hydrogen) atoms. The van der Waals surface area contributed by atoms with Gasteiger partial charge in [-0.2, -0.15) is 0 Å². The number of benzene rings is 2. The van der Waals surface area contributed by atoms with E-state index in [0.717, 1.165) is 43.3 Å². The first-order valence-electron chi connectivity index (χ1n) is 9.91. The maximum absolute atomic E-state index is 12.6. The molecule has 3 heterocycles. The molecule has 2 aromatic carbocycles. The van der Waals surface area contributed by atoms with E-state index in [0.29, 0.717) is 6.54 Å². The van der Waals surface area contributed by atoms with Crippen LogP contribution in [0.5, 0.6) is 0 Å². The lowest BCUT2D eigenvalue weighted by molar-refractivity contribution is 0.262. The van der Waals surface area contributed by atoms with E-state index in [9.17, 15) is 4.79 Å². The lowest BCUT2D eigenvalue weighted by Crippen LogP contribution is -2.20. The van der Waals surface area contributed by atoms with Crippen molar-refractivity contribution in [2.75, 3.05) is 10.6 Å². The highest BCUT2D eigenvalue weighted by Gasteiger charge is 2.12. The Morgan fingerprint density at radius 1 is 1.06 bits per heavy atom. The number of anilines is 2. The summed E-state index contributed by atoms with van der Waals surface area (Å²) in [4.78, 5) is 20.2. The summed E-state index contributed by atoms with van der Waals surface area (Å²) in [5, 5.41) is 8.02. The molecule has 0 radical (unpaired) electrons. The molecule has 3 aromatic heterocycles. The number of nitrogens with one attached hydrogen (secondary N) is 3. The predicted octanol–water partition coefficient (Wildman–Crippen LogP) is 6.28. The Balaban J connectivity index is 1.40. The number of urea groups is 1. The SMILES string of the molecule is Cc1ccc(Br)cc1NC(=O)Nc1cccc2c1ccn2Cc1c[nH]c2ncccc12. The van der Waals surface area contributed by atoms with Crippen LogP contribution in [0, 0.1) is 6.92 Å². The number of pyridine rings is 1. The predicted molar refractivity (Wildman–Crippen MR) is 129 cm³/mol. The van der Waals surface area contributed by atoms with Crippen LogP contribution in [0.3, 0.4) is 0 Å². The van der Waals surface area contributed by atoms with E-state index in [2.05, 4.69) is 53.2 Å². The molecular weight excluding hydrogens is 454 g/mol. The zero-order valence-electron chi connectivity index (χ0n) is 16.8. The van der Waals surface area contributed by atoms with Crippen molar-refractivity contribution in [1.29, 1.82) is 0 Å². The summed E-state index contributed by atoms with van der Waals surface area (Å²) in [7, 11) is 0. The van der Waals surface area contributed by atoms with Gasteiger partial charge in [-0.1, -0.05) is 28.1 Å². The topological polar surface area (TPSA) is 74.7 Å². The van der Waals surface area contributed by atoms with E-state index in [4.69, 9.17) is 0 Å². The van der Waals surface area contributed by atoms with Gasteiger partial charge < -0.3 is 20.2 Å². The zero-order chi connectivity index (χ0) is 21.4. The normalized spacial score (nSPS) is 11.2. The average molecular weight is 474 g/mol. The van der Waals surface area contributed by atoms with E-state index >= 15 is 0 Å². The van der Waals surface area contributed by atoms with Gasteiger partial charge in [0, 0.05) is 46.1 Å². The molecule has 0 fully saturated rings. The van der Waals surface area contributed by atoms with Crippen molar-refractivity contribution in [1.82, 2.24) is 14.5 Å². The maximum Gasteiger partial charge on any atom is 0.323 e. The minimum Gasteiger partial charge on any atom is -0.346 e. The van der Waals surface area contributed by atoms with Gasteiger partial charge in [-0.3, -0.25) is 0 Å². The maximum atomic E-state index is 12.6. The summed E-state index contributed by atoms with van der Waals surface area (Å²) in [6.45, 7) is 2.67. The van der Waals surface area contributed by atoms with Crippen molar-refractivity contribution in [2.24, 2.45) is 0 Å². The monoisotopic (exact) mass is 473 g/mol. The van der Waals surface area contributed by atoms with Gasteiger partial charge in [-0.05, 0) is 60.5 Å². The largest absolute Gasteiger partial charge is 0.346 e. The molecule has 0 aliphatic heterocycles. The van der Waals surface area contributed by atoms with Crippen molar-refractivity contribution in [3.05, 3.63) is 88.8 Å². The number of aromatic nitrogens is 3. The first-order chi connectivity index (χ1) is 15.1. The fourth-order valence-corrected chi connectivity index (χ4v) is 4.16. The van der Waals surface area contributed by atoms with Crippen LogP contribution in [-0.4, -0.2) is 20.6 Å². The molecule has 3 N–H and O–H groups in total. The van der Waals surface area contributed by atoms with E-state index in [1.165, 1.54) is 5.56 Å². The molecule has 0 bridgehead atoms. The highest BCUT2D eigenvalue weighted by Crippen LogP contribution is 2.27. The Kier molecular flexibility index (Phi) is 4.95. The summed E-state index contributed by atoms with van der Waals surface area (Å²) >= 11 is 3.45. The van der Waals surface area contributed by atoms with Crippen LogP contribution in [0.1, 0.15) is 11.1 Å². The van der Waals surface area contributed by atoms with E-state index < -0.39 is 0 Å². The second-order valence-electron chi connectivity index (χ2n) is 7.43. The van der Waals surface area contributed by atoms with Gasteiger partial charge in [0.2, 0.25) is 0 Å². The number of hydrogen-bond acceptors (Lipinski definition) is 2. The Bertz CT molecular complexity index is 1420. The summed E-state index contributed by atoms with van der Waals surface area (Å²) in [6, 6.07) is 17.5. The van der Waals surface area contributed by atoms with Gasteiger partial charge in [-0.15, -0.1) is 0 Å². The second-order valence-corrected chi connectivity index (χ2v) is 8.35. The number of carbonyl (C=O) groups excluding carboxylic acids is 1. The smallest absolute Gasteiger partial charge is 0.323 e. The van der Waals surface area contributed by atoms with Crippen LogP contribution in [-0.2, 0) is 6.54 Å². The molecule has 0 spiro atoms. The minimum absolute atomic E-state index is 0.274. The van der Waals surface area contributed by atoms with Crippen LogP contribution < -0.4 is 10.6 Å². The molecule has 0 aliphatic carbocycles. The minimum atomic E-state index is -0.274. The summed E-state index contributed by atoms with van der Waals surface area (Å²) in [6.07, 6.45) is 5.83. The van der Waals surface area contributed by atoms with Crippen LogP contribution in [0.2, 0.25) is 0 Å². The van der Waals surface area contributed by atoms with Crippen molar-refractivity contribution in [2.45, 2.75) is 13.5 Å². The third-order valence-electron chi connectivity index (χ3n) is 5.39. The lowest BCUT2D eigenvalue weighted by atomic mass is 10.2. The number of nitrogens with zero attached hydrogens (tertiary/aromatic N) is 2. The number of amides is 2. The number of halogens is 1. The molecule has 0 unspecified atom stereocenters. The molecule has 0 saturated carbocycles. The molecular formula is C24H20BrN5O. The van der Waals surface area contributed by atoms with Gasteiger partial charge in [0.05, 0.1) is 11.2 Å². The van der Waals surface area contributed by atoms with Crippen LogP contribution >= 0.6 is 15.9 Å². The Morgan fingerprint density at radius 3 is 2.84 bits per heavy atom. The van der Waals surface area contributed by atoms with E-state index in [1.54, 1.807) is 6.20 Å². The van der Waals surface area contributed by atoms with Crippen LogP contribution in [0.15, 0.2) is 77.7 Å². The number of H-pyrrole nitrogens is 1. The van der Waals surface area contributed by atoms with E-state index in [-0.39, 0.29) is 6.03 Å². The highest BCUT2D eigenvalue weighted by molar-refractivity contribution is 9.10. The van der Waals surface area contributed by atoms with Crippen molar-refractivity contribution < 1.29 is 4.79 Å². The summed E-state index contributed by atoms with van der Waals surface area (Å²) in [5.41, 5.74) is 5.63. The molecule has 5 aromatic rings. The molecule has 5 rings (SSSR count). The second kappa shape index (κ2) is 7.92. The number of aromatic amines is 1. The van der Waals surface area contributed by atoms with Crippen molar-refractivity contribution >= 4 is 55.3 Å². The quantitative estimate of drug-likeness (QED) is 0.287. The third kappa shape index (κ3) is 3.80. The standard InChI is InChI=1S/C24H20BrN5O/c1-15-7-8-17(25)12-21(15)29-24(31)28-20-5-2-6-22-19(20)9-11-30(22)14-16-13-27-23-18(16)4-3-10-26-23/h2-13H,14H2,1H3,(H,26,27)(H2,28,29,31). The van der Waals surface area contributed by atoms with Gasteiger partial charge >= 0.3 is 6.03 Å². The fraction of sp³-hybridized carbons (Fsp3) is 0.0833. The lowest BCUT2D eigenvalue weighted by Gasteiger charge is -2.12. The Labute approximate surface area is 187 Å². The van der Waals surface area contributed by atoms with Gasteiger partial charge in [0.15, 0.2) is 0 Å². The molecule has 154 valence electrons. The Hall–Kier alpha value is -3.58. The number of fused-ring (bicyclic) bond motifs is 2. The molecule has 0 saturated heterocycles. The number of aryl methyl sites for hydroxylation is 1. The fourth-order valence-electron chi connectivity index (χ4n) is 3.80. The summed E-state index contributed by atoms with van der Waals surface area (Å²) in [5.74, 6) is 0. The van der Waals surface area contributed by atoms with Gasteiger partial charge in [-0.25, -0.2) is 9.78 Å². The number of rotatable bonds is 4. The number of hydrogen-bond donors (Lipinski definition) is 3. The summed E-state index contributed by atoms with van der Waals surface area (Å²) < 4.78 is 3.09. The van der Waals surface area contributed by atoms with Gasteiger partial charge in [0.1, 0.15) is 5.65 Å². The average Bonchev–Trinajstić information content (AvgIpc) is 3.36. The molecule has 0 atom stereocenters. The first kappa shape index (κ1) is 19.4. The van der Waals surface area contributed by atoms with Crippen LogP contribution in [0.25, 0.3) is 21.9 Å².